The van der Waals surface area contributed by atoms with Crippen LogP contribution in [0, 0.1) is 0 Å². The summed E-state index contributed by atoms with van der Waals surface area (Å²) in [5.41, 5.74) is 3.20. The molecular weight excluding hydrogens is 360 g/mol. The smallest absolute Gasteiger partial charge is 0.208 e. The fraction of sp³-hybridized carbons (Fsp3) is 0.600. The van der Waals surface area contributed by atoms with E-state index in [0.29, 0.717) is 12.0 Å². The molecule has 27 heavy (non-hydrogen) atoms. The molecule has 5 rings (SSSR count). The predicted molar refractivity (Wildman–Crippen MR) is 106 cm³/mol. The number of benzene rings is 1. The minimum atomic E-state index is 0.0375. The minimum absolute atomic E-state index is 0.0375. The van der Waals surface area contributed by atoms with Crippen molar-refractivity contribution in [1.29, 1.82) is 0 Å². The number of nitrogens with zero attached hydrogens (tertiary/aromatic N) is 4. The third-order valence-electron chi connectivity index (χ3n) is 6.39. The predicted octanol–water partition coefficient (Wildman–Crippen LogP) is 2.77. The topological polar surface area (TPSA) is 50.7 Å². The molecule has 0 amide bonds. The van der Waals surface area contributed by atoms with Crippen molar-refractivity contribution in [3.8, 4) is 5.75 Å². The summed E-state index contributed by atoms with van der Waals surface area (Å²) in [5.74, 6) is 1.63. The Morgan fingerprint density at radius 1 is 1.22 bits per heavy atom. The highest BCUT2D eigenvalue weighted by molar-refractivity contribution is 7.13. The monoisotopic (exact) mass is 386 g/mol. The van der Waals surface area contributed by atoms with Gasteiger partial charge in [0.1, 0.15) is 16.9 Å². The standard InChI is InChI=1S/C20H26N4O2S/c1-25-18-5-3-2-4-17(18)15-6-8-23(9-7-15)16-10-20(26-11-16)12-24(13-20)19-22-21-14-27-19/h2-5,14-16H,6-13H2,1H3. The lowest BCUT2D eigenvalue weighted by molar-refractivity contribution is -0.0195. The maximum Gasteiger partial charge on any atom is 0.208 e. The van der Waals surface area contributed by atoms with Crippen LogP contribution in [-0.2, 0) is 4.74 Å². The summed E-state index contributed by atoms with van der Waals surface area (Å²) < 4.78 is 11.8. The molecular formula is C20H26N4O2S. The van der Waals surface area contributed by atoms with Crippen LogP contribution in [0.4, 0.5) is 5.13 Å². The summed E-state index contributed by atoms with van der Waals surface area (Å²) in [6.45, 7) is 5.07. The van der Waals surface area contributed by atoms with Gasteiger partial charge in [-0.15, -0.1) is 10.2 Å². The number of para-hydroxylation sites is 1. The van der Waals surface area contributed by atoms with Crippen molar-refractivity contribution in [2.75, 3.05) is 44.8 Å². The number of rotatable bonds is 4. The van der Waals surface area contributed by atoms with Crippen molar-refractivity contribution < 1.29 is 9.47 Å². The third kappa shape index (κ3) is 3.22. The van der Waals surface area contributed by atoms with Gasteiger partial charge in [-0.05, 0) is 49.9 Å². The maximum atomic E-state index is 6.27. The van der Waals surface area contributed by atoms with Crippen LogP contribution in [0.5, 0.6) is 5.75 Å². The average Bonchev–Trinajstić information content (AvgIpc) is 3.37. The van der Waals surface area contributed by atoms with Crippen molar-refractivity contribution >= 4 is 16.5 Å². The van der Waals surface area contributed by atoms with E-state index >= 15 is 0 Å². The molecule has 6 nitrogen and oxygen atoms in total. The second-order valence-corrected chi connectivity index (χ2v) is 8.79. The van der Waals surface area contributed by atoms with Crippen LogP contribution in [0.25, 0.3) is 0 Å². The van der Waals surface area contributed by atoms with E-state index in [1.807, 2.05) is 0 Å². The molecule has 1 spiro atoms. The van der Waals surface area contributed by atoms with E-state index in [4.69, 9.17) is 9.47 Å². The summed E-state index contributed by atoms with van der Waals surface area (Å²) >= 11 is 1.61. The summed E-state index contributed by atoms with van der Waals surface area (Å²) in [6.07, 6.45) is 3.53. The Bertz CT molecular complexity index is 770. The first-order valence-corrected chi connectivity index (χ1v) is 10.7. The van der Waals surface area contributed by atoms with Crippen LogP contribution in [0.2, 0.25) is 0 Å². The Labute approximate surface area is 164 Å². The van der Waals surface area contributed by atoms with Crippen LogP contribution < -0.4 is 9.64 Å². The summed E-state index contributed by atoms with van der Waals surface area (Å²) in [7, 11) is 1.77. The van der Waals surface area contributed by atoms with Crippen molar-refractivity contribution in [2.24, 2.45) is 0 Å². The number of hydrogen-bond acceptors (Lipinski definition) is 7. The molecule has 0 N–H and O–H groups in total. The van der Waals surface area contributed by atoms with E-state index in [2.05, 4.69) is 44.3 Å². The molecule has 0 radical (unpaired) electrons. The van der Waals surface area contributed by atoms with Gasteiger partial charge in [0.05, 0.1) is 26.8 Å². The van der Waals surface area contributed by atoms with Crippen LogP contribution in [-0.4, -0.2) is 66.6 Å². The fourth-order valence-electron chi connectivity index (χ4n) is 4.94. The number of piperidine rings is 1. The largest absolute Gasteiger partial charge is 0.496 e. The lowest BCUT2D eigenvalue weighted by atomic mass is 9.86. The molecule has 3 saturated heterocycles. The van der Waals surface area contributed by atoms with Crippen molar-refractivity contribution in [2.45, 2.75) is 36.8 Å². The number of aromatic nitrogens is 2. The molecule has 3 aliphatic heterocycles. The Kier molecular flexibility index (Phi) is 4.53. The van der Waals surface area contributed by atoms with E-state index in [1.165, 1.54) is 18.4 Å². The van der Waals surface area contributed by atoms with Gasteiger partial charge in [-0.2, -0.15) is 0 Å². The van der Waals surface area contributed by atoms with Crippen LogP contribution in [0.1, 0.15) is 30.7 Å². The lowest BCUT2D eigenvalue weighted by Gasteiger charge is -2.47. The Morgan fingerprint density at radius 3 is 2.78 bits per heavy atom. The van der Waals surface area contributed by atoms with Crippen molar-refractivity contribution in [1.82, 2.24) is 15.1 Å². The zero-order chi connectivity index (χ0) is 18.3. The molecule has 0 bridgehead atoms. The molecule has 2 aromatic rings. The number of ether oxygens (including phenoxy) is 2. The highest BCUT2D eigenvalue weighted by Gasteiger charge is 2.51. The molecule has 3 aliphatic rings. The van der Waals surface area contributed by atoms with E-state index in [9.17, 15) is 0 Å². The number of methoxy groups -OCH3 is 1. The first-order valence-electron chi connectivity index (χ1n) is 9.78. The van der Waals surface area contributed by atoms with E-state index < -0.39 is 0 Å². The second-order valence-electron chi connectivity index (χ2n) is 7.98. The quantitative estimate of drug-likeness (QED) is 0.805. The normalized spacial score (nSPS) is 25.7. The molecule has 0 saturated carbocycles. The molecule has 1 atom stereocenters. The number of hydrogen-bond donors (Lipinski definition) is 0. The lowest BCUT2D eigenvalue weighted by Crippen LogP contribution is -2.62. The van der Waals surface area contributed by atoms with Gasteiger partial charge in [0, 0.05) is 6.04 Å². The number of likely N-dealkylation sites (tertiary alicyclic amines) is 1. The molecule has 4 heterocycles. The van der Waals surface area contributed by atoms with Gasteiger partial charge in [0.25, 0.3) is 0 Å². The molecule has 1 aromatic heterocycles. The first kappa shape index (κ1) is 17.4. The van der Waals surface area contributed by atoms with E-state index in [-0.39, 0.29) is 5.60 Å². The first-order chi connectivity index (χ1) is 13.3. The molecule has 1 aromatic carbocycles. The van der Waals surface area contributed by atoms with E-state index in [0.717, 1.165) is 50.1 Å². The SMILES string of the molecule is COc1ccccc1C1CCN(C2COC3(C2)CN(c2nncs2)C3)CC1. The molecule has 0 aliphatic carbocycles. The Morgan fingerprint density at radius 2 is 2.04 bits per heavy atom. The fourth-order valence-corrected chi connectivity index (χ4v) is 5.51. The maximum absolute atomic E-state index is 6.27. The van der Waals surface area contributed by atoms with Crippen LogP contribution >= 0.6 is 11.3 Å². The van der Waals surface area contributed by atoms with Gasteiger partial charge in [0.15, 0.2) is 0 Å². The van der Waals surface area contributed by atoms with E-state index in [1.54, 1.807) is 24.0 Å². The summed E-state index contributed by atoms with van der Waals surface area (Å²) in [5, 5.41) is 9.13. The zero-order valence-corrected chi connectivity index (χ0v) is 16.5. The zero-order valence-electron chi connectivity index (χ0n) is 15.7. The minimum Gasteiger partial charge on any atom is -0.496 e. The Balaban J connectivity index is 1.16. The van der Waals surface area contributed by atoms with Crippen LogP contribution in [0.15, 0.2) is 29.8 Å². The molecule has 7 heteroatoms. The van der Waals surface area contributed by atoms with Gasteiger partial charge in [-0.3, -0.25) is 4.90 Å². The van der Waals surface area contributed by atoms with Gasteiger partial charge in [0.2, 0.25) is 5.13 Å². The summed E-state index contributed by atoms with van der Waals surface area (Å²) in [6, 6.07) is 9.04. The third-order valence-corrected chi connectivity index (χ3v) is 7.14. The molecule has 1 unspecified atom stereocenters. The average molecular weight is 387 g/mol. The van der Waals surface area contributed by atoms with Gasteiger partial charge >= 0.3 is 0 Å². The van der Waals surface area contributed by atoms with Gasteiger partial charge < -0.3 is 14.4 Å². The van der Waals surface area contributed by atoms with Crippen molar-refractivity contribution in [3.05, 3.63) is 35.3 Å². The highest BCUT2D eigenvalue weighted by Crippen LogP contribution is 2.41. The molecule has 144 valence electrons. The van der Waals surface area contributed by atoms with Gasteiger partial charge in [-0.25, -0.2) is 0 Å². The summed E-state index contributed by atoms with van der Waals surface area (Å²) in [4.78, 5) is 4.93. The van der Waals surface area contributed by atoms with Crippen molar-refractivity contribution in [3.63, 3.8) is 0 Å². The van der Waals surface area contributed by atoms with Crippen LogP contribution in [0.3, 0.4) is 0 Å². The highest BCUT2D eigenvalue weighted by atomic mass is 32.1. The van der Waals surface area contributed by atoms with Gasteiger partial charge in [-0.1, -0.05) is 29.5 Å². The number of anilines is 1. The Hall–Kier alpha value is -1.70. The second kappa shape index (κ2) is 7.04. The molecule has 3 fully saturated rings.